The molecule has 5 heterocycles. The van der Waals surface area contributed by atoms with Crippen LogP contribution in [0.4, 0.5) is 0 Å². The minimum atomic E-state index is -2.18. The van der Waals surface area contributed by atoms with E-state index in [4.69, 9.17) is 42.6 Å². The molecule has 0 aliphatic carbocycles. The highest BCUT2D eigenvalue weighted by Crippen LogP contribution is 2.35. The summed E-state index contributed by atoms with van der Waals surface area (Å²) in [6.45, 7) is -2.31. The molecule has 28 nitrogen and oxygen atoms in total. The highest BCUT2D eigenvalue weighted by atomic mass is 16.8. The van der Waals surface area contributed by atoms with Crippen LogP contribution in [0.5, 0.6) is 0 Å². The van der Waals surface area contributed by atoms with Gasteiger partial charge in [-0.05, 0) is 0 Å². The summed E-state index contributed by atoms with van der Waals surface area (Å²) in [5.74, 6) is -1.49. The first-order valence-electron chi connectivity index (χ1n) is 19.6. The first-order valence-corrected chi connectivity index (χ1v) is 19.6. The van der Waals surface area contributed by atoms with E-state index in [1.165, 1.54) is 0 Å². The van der Waals surface area contributed by atoms with E-state index in [-0.39, 0.29) is 0 Å². The number of carbonyl (C=O) groups excluding carboxylic acids is 2. The van der Waals surface area contributed by atoms with E-state index in [1.807, 2.05) is 0 Å². The Kier molecular flexibility index (Phi) is 18.1. The maximum absolute atomic E-state index is 12.4. The lowest BCUT2D eigenvalue weighted by atomic mass is 9.94. The van der Waals surface area contributed by atoms with Gasteiger partial charge in [-0.3, -0.25) is 9.59 Å². The van der Waals surface area contributed by atoms with E-state index in [0.29, 0.717) is 0 Å². The highest BCUT2D eigenvalue weighted by Gasteiger charge is 2.56. The van der Waals surface area contributed by atoms with Gasteiger partial charge in [0.1, 0.15) is 122 Å². The van der Waals surface area contributed by atoms with Gasteiger partial charge in [-0.25, -0.2) is 0 Å². The standard InChI is InChI=1S/C34H58N2O26/c1-8(41)35-15-20(46)27(12(5-39)55-30(15)53)60-31-16(36-9(2)42)21(47)28(13(6-40)58-31)61-34-26(52)29(62-33-25(51)23(49)18(44)11(4-38)57-33)19(45)14(59-34)7-54-32-24(50)22(48)17(43)10(3-37)56-32/h10-34,37-40,43-53H,3-7H2,1-2H3,(H,35,41)(H,36,42)/t10-,11-,12-,13-,14-,15-,16-,17-,18-,19-,20-,21-,22+,23+,24+,25+,26+,27-,28-,29+,30-,31+,32-,33+,34-/m1/s1. The maximum atomic E-state index is 12.4. The third-order valence-electron chi connectivity index (χ3n) is 11.1. The number of hydrogen-bond donors (Lipinski definition) is 17. The van der Waals surface area contributed by atoms with Crippen LogP contribution in [0.15, 0.2) is 0 Å². The molecule has 62 heavy (non-hydrogen) atoms. The number of aliphatic hydroxyl groups is 15. The van der Waals surface area contributed by atoms with Crippen molar-refractivity contribution in [1.82, 2.24) is 10.6 Å². The SMILES string of the molecule is CC(=O)N[C@@H]1[C@@H](O)[C@H](O[C@@H]2O[C@H](CO)[C@@H](O[C@H]3O[C@H](CO[C@@H]4O[C@H](CO)[C@@H](O)[C@H](O)[C@@H]4O)[C@@H](O)[C@H](O[C@@H]4O[C@H](CO)[C@@H](O)[C@H](O)[C@@H]4O)[C@@H]3O)[C@H](O)[C@H]2NC(C)=O)[C@@H](CO)O[C@H]1O. The smallest absolute Gasteiger partial charge is 0.217 e. The van der Waals surface area contributed by atoms with Crippen molar-refractivity contribution in [2.75, 3.05) is 33.0 Å². The van der Waals surface area contributed by atoms with Gasteiger partial charge in [0.15, 0.2) is 31.5 Å². The molecule has 25 atom stereocenters. The zero-order valence-corrected chi connectivity index (χ0v) is 33.2. The van der Waals surface area contributed by atoms with Crippen LogP contribution < -0.4 is 10.6 Å². The van der Waals surface area contributed by atoms with Gasteiger partial charge in [-0.2, -0.15) is 0 Å². The van der Waals surface area contributed by atoms with Gasteiger partial charge in [0, 0.05) is 13.8 Å². The largest absolute Gasteiger partial charge is 0.394 e. The molecule has 360 valence electrons. The van der Waals surface area contributed by atoms with E-state index < -0.39 is 198 Å². The predicted octanol–water partition coefficient (Wildman–Crippen LogP) is -11.6. The van der Waals surface area contributed by atoms with Gasteiger partial charge in [-0.15, -0.1) is 0 Å². The molecule has 2 amide bonds. The summed E-state index contributed by atoms with van der Waals surface area (Å²) in [4.78, 5) is 24.2. The lowest BCUT2D eigenvalue weighted by Crippen LogP contribution is -2.70. The summed E-state index contributed by atoms with van der Waals surface area (Å²) in [7, 11) is 0. The van der Waals surface area contributed by atoms with Crippen LogP contribution in [0.2, 0.25) is 0 Å². The lowest BCUT2D eigenvalue weighted by Gasteiger charge is -2.50. The van der Waals surface area contributed by atoms with E-state index in [1.54, 1.807) is 0 Å². The molecule has 0 spiro atoms. The summed E-state index contributed by atoms with van der Waals surface area (Å²) >= 11 is 0. The van der Waals surface area contributed by atoms with Crippen molar-refractivity contribution in [3.05, 3.63) is 0 Å². The van der Waals surface area contributed by atoms with Gasteiger partial charge >= 0.3 is 0 Å². The van der Waals surface area contributed by atoms with E-state index in [2.05, 4.69) is 10.6 Å². The van der Waals surface area contributed by atoms with Gasteiger partial charge in [0.25, 0.3) is 0 Å². The number of amides is 2. The van der Waals surface area contributed by atoms with Crippen LogP contribution in [-0.2, 0) is 52.2 Å². The first kappa shape index (κ1) is 51.0. The fraction of sp³-hybridized carbons (Fsp3) is 0.941. The molecule has 17 N–H and O–H groups in total. The lowest BCUT2D eigenvalue weighted by molar-refractivity contribution is -0.384. The predicted molar refractivity (Wildman–Crippen MR) is 190 cm³/mol. The van der Waals surface area contributed by atoms with E-state index in [9.17, 15) is 86.2 Å². The second kappa shape index (κ2) is 22.0. The topological polar surface area (TPSA) is 445 Å². The molecule has 0 aromatic heterocycles. The zero-order valence-electron chi connectivity index (χ0n) is 33.2. The Morgan fingerprint density at radius 1 is 0.419 bits per heavy atom. The molecule has 28 heteroatoms. The monoisotopic (exact) mass is 910 g/mol. The maximum Gasteiger partial charge on any atom is 0.217 e. The summed E-state index contributed by atoms with van der Waals surface area (Å²) in [5.41, 5.74) is 0. The number of hydrogen-bond acceptors (Lipinski definition) is 26. The van der Waals surface area contributed by atoms with Crippen LogP contribution >= 0.6 is 0 Å². The number of nitrogens with one attached hydrogen (secondary N) is 2. The molecule has 5 saturated heterocycles. The second-order valence-electron chi connectivity index (χ2n) is 15.5. The Hall–Kier alpha value is -2.02. The Balaban J connectivity index is 1.41. The van der Waals surface area contributed by atoms with Crippen molar-refractivity contribution in [3.63, 3.8) is 0 Å². The number of aliphatic hydroxyl groups excluding tert-OH is 15. The van der Waals surface area contributed by atoms with Gasteiger partial charge in [0.2, 0.25) is 11.8 Å². The summed E-state index contributed by atoms with van der Waals surface area (Å²) in [5, 5.41) is 163. The van der Waals surface area contributed by atoms with Crippen LogP contribution in [0.25, 0.3) is 0 Å². The molecule has 0 aromatic carbocycles. The molecule has 0 aromatic rings. The second-order valence-corrected chi connectivity index (χ2v) is 15.5. The number of rotatable bonds is 15. The van der Waals surface area contributed by atoms with Gasteiger partial charge in [0.05, 0.1) is 33.0 Å². The minimum absolute atomic E-state index is 0.693. The Morgan fingerprint density at radius 2 is 0.823 bits per heavy atom. The average molecular weight is 911 g/mol. The normalized spacial score (nSPS) is 49.0. The molecule has 5 aliphatic heterocycles. The Bertz CT molecular complexity index is 1440. The summed E-state index contributed by atoms with van der Waals surface area (Å²) < 4.78 is 50.8. The minimum Gasteiger partial charge on any atom is -0.394 e. The first-order chi connectivity index (χ1) is 29.3. The molecule has 0 radical (unpaired) electrons. The van der Waals surface area contributed by atoms with E-state index >= 15 is 0 Å². The third kappa shape index (κ3) is 11.0. The van der Waals surface area contributed by atoms with Crippen molar-refractivity contribution in [1.29, 1.82) is 0 Å². The molecular weight excluding hydrogens is 852 g/mol. The Labute approximate surface area is 351 Å². The van der Waals surface area contributed by atoms with Crippen LogP contribution in [-0.4, -0.2) is 275 Å². The van der Waals surface area contributed by atoms with Crippen molar-refractivity contribution >= 4 is 11.8 Å². The van der Waals surface area contributed by atoms with Crippen LogP contribution in [0.3, 0.4) is 0 Å². The molecule has 5 aliphatic rings. The number of carbonyl (C=O) groups is 2. The van der Waals surface area contributed by atoms with Crippen molar-refractivity contribution in [2.24, 2.45) is 0 Å². The van der Waals surface area contributed by atoms with Crippen LogP contribution in [0, 0.1) is 0 Å². The molecule has 5 fully saturated rings. The van der Waals surface area contributed by atoms with Gasteiger partial charge < -0.3 is 130 Å². The summed E-state index contributed by atoms with van der Waals surface area (Å²) in [6.07, 6.45) is -42.3. The zero-order chi connectivity index (χ0) is 45.9. The quantitative estimate of drug-likeness (QED) is 0.0725. The summed E-state index contributed by atoms with van der Waals surface area (Å²) in [6, 6.07) is -3.19. The fourth-order valence-corrected chi connectivity index (χ4v) is 7.73. The van der Waals surface area contributed by atoms with Crippen molar-refractivity contribution < 1.29 is 129 Å². The molecule has 0 saturated carbocycles. The van der Waals surface area contributed by atoms with Crippen molar-refractivity contribution in [3.8, 4) is 0 Å². The molecule has 0 bridgehead atoms. The molecular formula is C34H58N2O26. The fourth-order valence-electron chi connectivity index (χ4n) is 7.73. The average Bonchev–Trinajstić information content (AvgIpc) is 3.23. The van der Waals surface area contributed by atoms with Crippen LogP contribution in [0.1, 0.15) is 13.8 Å². The molecule has 0 unspecified atom stereocenters. The number of ether oxygens (including phenoxy) is 9. The van der Waals surface area contributed by atoms with Crippen molar-refractivity contribution in [2.45, 2.75) is 167 Å². The Morgan fingerprint density at radius 3 is 1.35 bits per heavy atom. The molecule has 5 rings (SSSR count). The van der Waals surface area contributed by atoms with Gasteiger partial charge in [-0.1, -0.05) is 0 Å². The third-order valence-corrected chi connectivity index (χ3v) is 11.1. The highest BCUT2D eigenvalue weighted by molar-refractivity contribution is 5.73. The van der Waals surface area contributed by atoms with E-state index in [0.717, 1.165) is 13.8 Å².